The first-order valence-corrected chi connectivity index (χ1v) is 13.1. The lowest BCUT2D eigenvalue weighted by Gasteiger charge is -2.26. The molecule has 1 aliphatic rings. The Bertz CT molecular complexity index is 1140. The van der Waals surface area contributed by atoms with E-state index in [4.69, 9.17) is 13.8 Å². The zero-order chi connectivity index (χ0) is 25.3. The van der Waals surface area contributed by atoms with Gasteiger partial charge in [-0.3, -0.25) is 23.2 Å². The second-order valence-electron chi connectivity index (χ2n) is 8.10. The summed E-state index contributed by atoms with van der Waals surface area (Å²) in [5.41, 5.74) is -2.64. The molecule has 3 heterocycles. The van der Waals surface area contributed by atoms with E-state index in [1.807, 2.05) is 0 Å². The number of imidazole rings is 1. The zero-order valence-corrected chi connectivity index (χ0v) is 21.3. The van der Waals surface area contributed by atoms with Gasteiger partial charge in [0.2, 0.25) is 0 Å². The number of aliphatic hydroxyl groups excluding tert-OH is 1. The lowest BCUT2D eigenvalue weighted by atomic mass is 9.98. The molecule has 2 aromatic rings. The topological polar surface area (TPSA) is 149 Å². The van der Waals surface area contributed by atoms with Gasteiger partial charge in [0, 0.05) is 19.1 Å². The first kappa shape index (κ1) is 26.9. The lowest BCUT2D eigenvalue weighted by Crippen LogP contribution is -2.40. The molecular weight excluding hydrogens is 492 g/mol. The lowest BCUT2D eigenvalue weighted by molar-refractivity contribution is -0.109. The minimum Gasteiger partial charge on any atom is -0.387 e. The molecule has 1 fully saturated rings. The van der Waals surface area contributed by atoms with Crippen LogP contribution in [0.3, 0.4) is 0 Å². The molecule has 0 bridgehead atoms. The van der Waals surface area contributed by atoms with Crippen LogP contribution in [0.15, 0.2) is 11.1 Å². The predicted molar refractivity (Wildman–Crippen MR) is 123 cm³/mol. The average Bonchev–Trinajstić information content (AvgIpc) is 3.28. The number of fused-ring (bicyclic) bond motifs is 1. The van der Waals surface area contributed by atoms with Crippen LogP contribution in [-0.2, 0) is 29.6 Å². The average molecular weight is 522 g/mol. The van der Waals surface area contributed by atoms with E-state index in [2.05, 4.69) is 15.0 Å². The number of aryl methyl sites for hydroxylation is 1. The molecule has 0 aromatic carbocycles. The number of nitrogens with zero attached hydrogens (tertiary/aromatic N) is 4. The van der Waals surface area contributed by atoms with Crippen LogP contribution in [0.2, 0.25) is 0 Å². The summed E-state index contributed by atoms with van der Waals surface area (Å²) in [6.45, 7) is 3.92. The fourth-order valence-electron chi connectivity index (χ4n) is 3.44. The number of carbonyl (C=O) groups is 1. The Morgan fingerprint density at radius 2 is 2.18 bits per heavy atom. The molecule has 5 atom stereocenters. The molecule has 190 valence electrons. The van der Waals surface area contributed by atoms with Crippen molar-refractivity contribution in [2.45, 2.75) is 51.3 Å². The largest absolute Gasteiger partial charge is 0.407 e. The minimum atomic E-state index is -3.79. The number of ether oxygens (including phenoxy) is 1. The van der Waals surface area contributed by atoms with Gasteiger partial charge in [0.1, 0.15) is 18.0 Å². The standard InChI is InChI=1S/C19H29FN5O7PS/c1-6-13-22-16-14(17(28)23-13)21-10-25(16)18-19(3,20)15(27)12(32-18)9-31-33(29,24(4)5)30-7-8-34-11(2)26/h10,12,15,18,27H,6-9H2,1-5H3,(H,22,23,28)/t12-,15?,18-,19+,33?/m1/s1. The van der Waals surface area contributed by atoms with E-state index >= 15 is 4.39 Å². The van der Waals surface area contributed by atoms with E-state index in [1.165, 1.54) is 36.6 Å². The molecule has 0 saturated carbocycles. The second kappa shape index (κ2) is 10.5. The summed E-state index contributed by atoms with van der Waals surface area (Å²) >= 11 is 1.02. The van der Waals surface area contributed by atoms with Gasteiger partial charge in [-0.15, -0.1) is 0 Å². The van der Waals surface area contributed by atoms with Crippen molar-refractivity contribution in [1.29, 1.82) is 0 Å². The van der Waals surface area contributed by atoms with E-state index in [9.17, 15) is 19.3 Å². The number of hydrogen-bond acceptors (Lipinski definition) is 10. The number of aromatic nitrogens is 4. The van der Waals surface area contributed by atoms with Gasteiger partial charge >= 0.3 is 7.75 Å². The number of aliphatic hydroxyl groups is 1. The van der Waals surface area contributed by atoms with Crippen LogP contribution in [0, 0.1) is 0 Å². The fourth-order valence-corrected chi connectivity index (χ4v) is 5.21. The van der Waals surface area contributed by atoms with Crippen molar-refractivity contribution < 1.29 is 32.6 Å². The quantitative estimate of drug-likeness (QED) is 0.347. The second-order valence-corrected chi connectivity index (χ2v) is 11.6. The normalized spacial score (nSPS) is 26.9. The zero-order valence-electron chi connectivity index (χ0n) is 19.6. The molecule has 0 radical (unpaired) electrons. The molecule has 12 nitrogen and oxygen atoms in total. The SMILES string of the molecule is CCc1nc2c(ncn2[C@@H]2O[C@H](COP(=O)(OCCSC(C)=O)N(C)C)C(O)[C@]2(C)F)c(=O)[nH]1. The third-order valence-corrected chi connectivity index (χ3v) is 8.06. The third-order valence-electron chi connectivity index (χ3n) is 5.32. The summed E-state index contributed by atoms with van der Waals surface area (Å²) in [7, 11) is -0.820. The molecule has 0 aliphatic carbocycles. The van der Waals surface area contributed by atoms with Gasteiger partial charge < -0.3 is 14.8 Å². The molecule has 34 heavy (non-hydrogen) atoms. The maximum Gasteiger partial charge on any atom is 0.407 e. The van der Waals surface area contributed by atoms with Crippen LogP contribution in [0.25, 0.3) is 11.2 Å². The Labute approximate surface area is 199 Å². The van der Waals surface area contributed by atoms with Crippen molar-refractivity contribution >= 4 is 35.8 Å². The summed E-state index contributed by atoms with van der Waals surface area (Å²) in [4.78, 5) is 34.2. The number of aromatic amines is 1. The fraction of sp³-hybridized carbons (Fsp3) is 0.684. The van der Waals surface area contributed by atoms with Crippen molar-refractivity contribution in [2.24, 2.45) is 0 Å². The summed E-state index contributed by atoms with van der Waals surface area (Å²) in [5, 5.41) is 10.5. The van der Waals surface area contributed by atoms with Gasteiger partial charge in [0.25, 0.3) is 5.56 Å². The van der Waals surface area contributed by atoms with Crippen molar-refractivity contribution in [2.75, 3.05) is 33.1 Å². The van der Waals surface area contributed by atoms with Gasteiger partial charge in [-0.2, -0.15) is 0 Å². The molecule has 0 spiro atoms. The number of nitrogens with one attached hydrogen (secondary N) is 1. The number of thioether (sulfide) groups is 1. The number of H-pyrrole nitrogens is 1. The first-order valence-electron chi connectivity index (χ1n) is 10.6. The van der Waals surface area contributed by atoms with Gasteiger partial charge in [0.05, 0.1) is 19.5 Å². The van der Waals surface area contributed by atoms with Gasteiger partial charge in [-0.1, -0.05) is 18.7 Å². The van der Waals surface area contributed by atoms with Crippen LogP contribution in [0.5, 0.6) is 0 Å². The molecular formula is C19H29FN5O7PS. The highest BCUT2D eigenvalue weighted by Crippen LogP contribution is 2.51. The van der Waals surface area contributed by atoms with Crippen LogP contribution in [-0.4, -0.2) is 85.3 Å². The number of halogens is 1. The highest BCUT2D eigenvalue weighted by atomic mass is 32.2. The summed E-state index contributed by atoms with van der Waals surface area (Å²) in [5.74, 6) is 0.675. The Morgan fingerprint density at radius 3 is 2.79 bits per heavy atom. The van der Waals surface area contributed by atoms with Crippen molar-refractivity contribution in [1.82, 2.24) is 24.2 Å². The van der Waals surface area contributed by atoms with E-state index in [1.54, 1.807) is 6.92 Å². The number of hydrogen-bond donors (Lipinski definition) is 2. The number of alkyl halides is 1. The molecule has 2 aromatic heterocycles. The smallest absolute Gasteiger partial charge is 0.387 e. The van der Waals surface area contributed by atoms with E-state index in [0.717, 1.165) is 18.7 Å². The summed E-state index contributed by atoms with van der Waals surface area (Å²) in [6.07, 6.45) is -2.55. The molecule has 2 N–H and O–H groups in total. The number of carbonyl (C=O) groups excluding carboxylic acids is 1. The van der Waals surface area contributed by atoms with Crippen LogP contribution < -0.4 is 5.56 Å². The maximum atomic E-state index is 15.7. The van der Waals surface area contributed by atoms with Gasteiger partial charge in [0.15, 0.2) is 28.2 Å². The van der Waals surface area contributed by atoms with Crippen LogP contribution >= 0.6 is 19.5 Å². The monoisotopic (exact) mass is 521 g/mol. The Kier molecular flexibility index (Phi) is 8.33. The van der Waals surface area contributed by atoms with E-state index in [-0.39, 0.29) is 28.6 Å². The van der Waals surface area contributed by atoms with Crippen molar-refractivity contribution in [3.8, 4) is 0 Å². The molecule has 1 aliphatic heterocycles. The maximum absolute atomic E-state index is 15.7. The minimum absolute atomic E-state index is 0.0136. The third kappa shape index (κ3) is 5.43. The van der Waals surface area contributed by atoms with E-state index in [0.29, 0.717) is 12.2 Å². The molecule has 3 rings (SSSR count). The van der Waals surface area contributed by atoms with Crippen molar-refractivity contribution in [3.63, 3.8) is 0 Å². The highest BCUT2D eigenvalue weighted by Gasteiger charge is 2.56. The molecule has 2 unspecified atom stereocenters. The van der Waals surface area contributed by atoms with Crippen molar-refractivity contribution in [3.05, 3.63) is 22.5 Å². The van der Waals surface area contributed by atoms with Gasteiger partial charge in [-0.25, -0.2) is 23.6 Å². The Balaban J connectivity index is 1.78. The molecule has 15 heteroatoms. The Morgan fingerprint density at radius 1 is 1.47 bits per heavy atom. The summed E-state index contributed by atoms with van der Waals surface area (Å²) < 4.78 is 47.8. The Hall–Kier alpha value is -1.67. The molecule has 1 saturated heterocycles. The predicted octanol–water partition coefficient (Wildman–Crippen LogP) is 1.65. The first-order chi connectivity index (χ1) is 15.9. The van der Waals surface area contributed by atoms with E-state index < -0.39 is 44.0 Å². The van der Waals surface area contributed by atoms with Crippen LogP contribution in [0.4, 0.5) is 4.39 Å². The van der Waals surface area contributed by atoms with Crippen LogP contribution in [0.1, 0.15) is 32.8 Å². The highest BCUT2D eigenvalue weighted by molar-refractivity contribution is 8.13. The molecule has 0 amide bonds. The van der Waals surface area contributed by atoms with Gasteiger partial charge in [-0.05, 0) is 21.0 Å². The summed E-state index contributed by atoms with van der Waals surface area (Å²) in [6, 6.07) is 0. The number of rotatable bonds is 10.